The van der Waals surface area contributed by atoms with E-state index in [1.165, 1.54) is 19.3 Å². The van der Waals surface area contributed by atoms with Gasteiger partial charge in [-0.15, -0.1) is 0 Å². The molecule has 0 spiro atoms. The molecule has 1 rings (SSSR count). The van der Waals surface area contributed by atoms with Crippen LogP contribution in [0.15, 0.2) is 30.3 Å². The largest absolute Gasteiger partial charge is 0.345 e. The Bertz CT molecular complexity index is 316. The maximum atomic E-state index is 11.6. The van der Waals surface area contributed by atoms with Crippen LogP contribution in [0.25, 0.3) is 0 Å². The zero-order valence-corrected chi connectivity index (χ0v) is 17.3. The molecule has 113 valence electrons. The molecule has 0 unspecified atom stereocenters. The van der Waals surface area contributed by atoms with Crippen LogP contribution in [0, 0.1) is 0 Å². The molecular weight excluding hydrogens is 323 g/mol. The molecule has 1 aromatic rings. The maximum Gasteiger partial charge on any atom is 0.345 e. The van der Waals surface area contributed by atoms with E-state index < -0.39 is 0 Å². The number of rotatable bonds is 3. The van der Waals surface area contributed by atoms with Crippen LogP contribution in [0.1, 0.15) is 57.3 Å². The molecule has 3 heteroatoms. The summed E-state index contributed by atoms with van der Waals surface area (Å²) < 4.78 is 0.337. The number of amides is 1. The number of hydrogen-bond acceptors (Lipinski definition) is 1. The van der Waals surface area contributed by atoms with Crippen LogP contribution >= 0.6 is 0 Å². The fraction of sp³-hybridized carbons (Fsp3) is 0.588. The molecule has 1 aromatic carbocycles. The number of benzene rings is 1. The molecule has 0 fully saturated rings. The fourth-order valence-corrected chi connectivity index (χ4v) is 1.32. The van der Waals surface area contributed by atoms with Crippen LogP contribution in [0.3, 0.4) is 0 Å². The number of nitrogens with zero attached hydrogens (tertiary/aromatic N) is 1. The summed E-state index contributed by atoms with van der Waals surface area (Å²) in [7, 11) is 5.61. The van der Waals surface area contributed by atoms with Gasteiger partial charge >= 0.3 is 5.91 Å². The van der Waals surface area contributed by atoms with Gasteiger partial charge in [0.25, 0.3) is 0 Å². The number of quaternary nitrogens is 1. The van der Waals surface area contributed by atoms with Crippen molar-refractivity contribution >= 4 is 5.91 Å². The monoisotopic (exact) mass is 355 g/mol. The Morgan fingerprint density at radius 1 is 0.950 bits per heavy atom. The van der Waals surface area contributed by atoms with E-state index in [-0.39, 0.29) is 38.6 Å². The molecule has 20 heavy (non-hydrogen) atoms. The first kappa shape index (κ1) is 24.9. The molecule has 0 bridgehead atoms. The second-order valence-corrected chi connectivity index (χ2v) is 5.04. The molecule has 0 saturated carbocycles. The average Bonchev–Trinajstić information content (AvgIpc) is 2.42. The van der Waals surface area contributed by atoms with Crippen molar-refractivity contribution in [2.45, 2.75) is 47.0 Å². The molecule has 0 aliphatic heterocycles. The molecule has 0 N–H and O–H groups in total. The van der Waals surface area contributed by atoms with Gasteiger partial charge in [-0.2, -0.15) is 0 Å². The van der Waals surface area contributed by atoms with Gasteiger partial charge in [0.15, 0.2) is 0 Å². The van der Waals surface area contributed by atoms with Gasteiger partial charge in [0.05, 0.1) is 26.7 Å². The first-order valence-electron chi connectivity index (χ1n) is 7.34. The minimum atomic E-state index is 0. The van der Waals surface area contributed by atoms with Gasteiger partial charge in [-0.1, -0.05) is 65.2 Å². The van der Waals surface area contributed by atoms with E-state index in [0.29, 0.717) is 4.48 Å². The number of hydrogen-bond donors (Lipinski definition) is 0. The molecule has 2 nitrogen and oxygen atoms in total. The molecule has 0 aliphatic rings. The summed E-state index contributed by atoms with van der Waals surface area (Å²) in [6.07, 6.45) is 4.08. The quantitative estimate of drug-likeness (QED) is 0.715. The fourth-order valence-electron chi connectivity index (χ4n) is 1.32. The molecule has 1 radical (unpaired) electrons. The Morgan fingerprint density at radius 2 is 1.35 bits per heavy atom. The van der Waals surface area contributed by atoms with E-state index in [1.54, 1.807) is 0 Å². The van der Waals surface area contributed by atoms with Gasteiger partial charge in [0.1, 0.15) is 0 Å². The first-order valence-corrected chi connectivity index (χ1v) is 7.34. The number of unbranched alkanes of at least 4 members (excludes halogenated alkanes) is 2. The Balaban J connectivity index is -0.000000310. The van der Waals surface area contributed by atoms with E-state index in [4.69, 9.17) is 0 Å². The zero-order valence-electron chi connectivity index (χ0n) is 14.4. The van der Waals surface area contributed by atoms with Crippen LogP contribution < -0.4 is 0 Å². The van der Waals surface area contributed by atoms with Crippen molar-refractivity contribution in [2.75, 3.05) is 21.1 Å². The van der Waals surface area contributed by atoms with Gasteiger partial charge < -0.3 is 0 Å². The molecule has 0 aliphatic carbocycles. The third-order valence-corrected chi connectivity index (χ3v) is 2.34. The minimum absolute atomic E-state index is 0. The van der Waals surface area contributed by atoms with E-state index >= 15 is 0 Å². The average molecular weight is 355 g/mol. The maximum absolute atomic E-state index is 11.6. The predicted molar refractivity (Wildman–Crippen MR) is 85.4 cm³/mol. The van der Waals surface area contributed by atoms with Crippen molar-refractivity contribution in [2.24, 2.45) is 0 Å². The van der Waals surface area contributed by atoms with Crippen molar-refractivity contribution in [3.63, 3.8) is 0 Å². The second kappa shape index (κ2) is 15.3. The van der Waals surface area contributed by atoms with E-state index in [1.807, 2.05) is 65.3 Å². The predicted octanol–water partition coefficient (Wildman–Crippen LogP) is 4.75. The van der Waals surface area contributed by atoms with Crippen LogP contribution in [-0.2, 0) is 32.7 Å². The van der Waals surface area contributed by atoms with Gasteiger partial charge in [-0.25, -0.2) is 4.79 Å². The summed E-state index contributed by atoms with van der Waals surface area (Å²) in [5.74, 6) is 0.135. The van der Waals surface area contributed by atoms with Crippen molar-refractivity contribution in [1.82, 2.24) is 0 Å². The van der Waals surface area contributed by atoms with Gasteiger partial charge in [0.2, 0.25) is 0 Å². The van der Waals surface area contributed by atoms with Crippen LogP contribution in [0.2, 0.25) is 0 Å². The topological polar surface area (TPSA) is 17.1 Å². The summed E-state index contributed by atoms with van der Waals surface area (Å²) in [5.41, 5.74) is 0.769. The van der Waals surface area contributed by atoms with Crippen molar-refractivity contribution in [3.05, 3.63) is 35.9 Å². The summed E-state index contributed by atoms with van der Waals surface area (Å²) >= 11 is 0. The zero-order chi connectivity index (χ0) is 15.3. The SMILES string of the molecule is CC.CCCCC.C[N+](C)(C)C(=O)c1ccccc1.[Y]. The molecule has 0 atom stereocenters. The van der Waals surface area contributed by atoms with E-state index in [2.05, 4.69) is 13.8 Å². The number of carbonyl (C=O) groups is 1. The summed E-state index contributed by atoms with van der Waals surface area (Å²) in [5, 5.41) is 0. The second-order valence-electron chi connectivity index (χ2n) is 5.04. The molecule has 0 saturated heterocycles. The van der Waals surface area contributed by atoms with Crippen molar-refractivity contribution < 1.29 is 42.0 Å². The van der Waals surface area contributed by atoms with Gasteiger partial charge in [-0.3, -0.25) is 4.48 Å². The van der Waals surface area contributed by atoms with Crippen LogP contribution in [0.4, 0.5) is 0 Å². The summed E-state index contributed by atoms with van der Waals surface area (Å²) in [6.45, 7) is 8.42. The van der Waals surface area contributed by atoms with Crippen molar-refractivity contribution in [3.8, 4) is 0 Å². The van der Waals surface area contributed by atoms with Crippen molar-refractivity contribution in [1.29, 1.82) is 0 Å². The Kier molecular flexibility index (Phi) is 19.1. The molecule has 0 heterocycles. The normalized spacial score (nSPS) is 9.15. The summed E-state index contributed by atoms with van der Waals surface area (Å²) in [6, 6.07) is 9.34. The number of carbonyl (C=O) groups excluding carboxylic acids is 1. The smallest absolute Gasteiger partial charge is 0.263 e. The Morgan fingerprint density at radius 3 is 1.60 bits per heavy atom. The van der Waals surface area contributed by atoms with Crippen LogP contribution in [-0.4, -0.2) is 31.5 Å². The standard InChI is InChI=1S/C10H14NO.C5H12.C2H6.Y/c1-11(2,3)10(12)9-7-5-4-6-8-9;1-3-5-4-2;1-2;/h4-8H,1-3H3;3-5H2,1-2H3;1-2H3;/q+1;;;. The third kappa shape index (κ3) is 13.0. The Labute approximate surface area is 151 Å². The summed E-state index contributed by atoms with van der Waals surface area (Å²) in [4.78, 5) is 11.6. The van der Waals surface area contributed by atoms with E-state index in [0.717, 1.165) is 5.56 Å². The van der Waals surface area contributed by atoms with Crippen LogP contribution in [0.5, 0.6) is 0 Å². The molecule has 0 aromatic heterocycles. The van der Waals surface area contributed by atoms with E-state index in [9.17, 15) is 4.79 Å². The third-order valence-electron chi connectivity index (χ3n) is 2.34. The first-order chi connectivity index (χ1) is 8.93. The Hall–Kier alpha value is -0.0461. The minimum Gasteiger partial charge on any atom is -0.263 e. The van der Waals surface area contributed by atoms with Gasteiger partial charge in [0, 0.05) is 32.7 Å². The molecular formula is C17H32NOY+. The van der Waals surface area contributed by atoms with Gasteiger partial charge in [-0.05, 0) is 12.1 Å². The molecule has 1 amide bonds.